The zero-order valence-corrected chi connectivity index (χ0v) is 13.9. The van der Waals surface area contributed by atoms with Crippen LogP contribution in [-0.2, 0) is 19.4 Å². The molecule has 0 spiro atoms. The summed E-state index contributed by atoms with van der Waals surface area (Å²) in [4.78, 5) is 28.2. The average Bonchev–Trinajstić information content (AvgIpc) is 3.10. The number of aryl methyl sites for hydroxylation is 3. The van der Waals surface area contributed by atoms with Gasteiger partial charge in [-0.1, -0.05) is 0 Å². The molecule has 2 aromatic heterocycles. The molecule has 1 saturated heterocycles. The second kappa shape index (κ2) is 5.60. The van der Waals surface area contributed by atoms with Crippen LogP contribution < -0.4 is 5.56 Å². The Morgan fingerprint density at radius 2 is 2.17 bits per heavy atom. The molecular formula is C17H19N3O2S. The highest BCUT2D eigenvalue weighted by Crippen LogP contribution is 2.24. The number of rotatable bonds is 3. The van der Waals surface area contributed by atoms with Crippen molar-refractivity contribution in [2.75, 3.05) is 13.1 Å². The van der Waals surface area contributed by atoms with Gasteiger partial charge in [-0.2, -0.15) is 5.10 Å². The van der Waals surface area contributed by atoms with Crippen LogP contribution in [0.15, 0.2) is 23.0 Å². The predicted molar refractivity (Wildman–Crippen MR) is 89.0 cm³/mol. The number of thiophene rings is 1. The van der Waals surface area contributed by atoms with Crippen molar-refractivity contribution >= 4 is 17.2 Å². The number of hydrogen-bond acceptors (Lipinski definition) is 4. The number of carbonyl (C=O) groups is 1. The lowest BCUT2D eigenvalue weighted by molar-refractivity contribution is 0.0463. The van der Waals surface area contributed by atoms with Crippen LogP contribution in [0.5, 0.6) is 0 Å². The predicted octanol–water partition coefficient (Wildman–Crippen LogP) is 1.87. The van der Waals surface area contributed by atoms with E-state index in [1.54, 1.807) is 10.7 Å². The molecule has 0 N–H and O–H groups in total. The van der Waals surface area contributed by atoms with Gasteiger partial charge < -0.3 is 4.90 Å². The number of likely N-dealkylation sites (tertiary alicyclic amines) is 1. The van der Waals surface area contributed by atoms with Crippen LogP contribution in [0.2, 0.25) is 0 Å². The lowest BCUT2D eigenvalue weighted by Gasteiger charge is -2.39. The molecule has 1 aliphatic carbocycles. The topological polar surface area (TPSA) is 55.2 Å². The van der Waals surface area contributed by atoms with Gasteiger partial charge in [-0.15, -0.1) is 11.3 Å². The van der Waals surface area contributed by atoms with Gasteiger partial charge in [0.15, 0.2) is 0 Å². The first-order chi connectivity index (χ1) is 11.1. The number of carbonyl (C=O) groups excluding carboxylic acids is 1. The van der Waals surface area contributed by atoms with E-state index in [9.17, 15) is 9.59 Å². The van der Waals surface area contributed by atoms with E-state index in [2.05, 4.69) is 5.10 Å². The largest absolute Gasteiger partial charge is 0.337 e. The minimum absolute atomic E-state index is 0.00990. The Kier molecular flexibility index (Phi) is 3.56. The van der Waals surface area contributed by atoms with Crippen LogP contribution >= 0.6 is 11.3 Å². The summed E-state index contributed by atoms with van der Waals surface area (Å²) in [6.07, 6.45) is 3.05. The fraction of sp³-hybridized carbons (Fsp3) is 0.471. The molecule has 1 amide bonds. The second-order valence-corrected chi connectivity index (χ2v) is 7.76. The van der Waals surface area contributed by atoms with E-state index < -0.39 is 0 Å². The quantitative estimate of drug-likeness (QED) is 0.864. The van der Waals surface area contributed by atoms with E-state index in [0.717, 1.165) is 40.3 Å². The van der Waals surface area contributed by atoms with Crippen LogP contribution in [-0.4, -0.2) is 33.7 Å². The SMILES string of the molecule is Cc1ccc(C(=O)N2CC(Cn3nc4c(cc3=O)CCC4)C2)s1. The lowest BCUT2D eigenvalue weighted by Crippen LogP contribution is -2.52. The third-order valence-electron chi connectivity index (χ3n) is 4.65. The van der Waals surface area contributed by atoms with E-state index >= 15 is 0 Å². The number of nitrogens with zero attached hydrogens (tertiary/aromatic N) is 3. The molecule has 2 aliphatic rings. The summed E-state index contributed by atoms with van der Waals surface area (Å²) in [5, 5.41) is 4.51. The Morgan fingerprint density at radius 3 is 2.91 bits per heavy atom. The van der Waals surface area contributed by atoms with Crippen molar-refractivity contribution in [3.8, 4) is 0 Å². The maximum Gasteiger partial charge on any atom is 0.267 e. The van der Waals surface area contributed by atoms with E-state index in [-0.39, 0.29) is 11.5 Å². The number of amides is 1. The van der Waals surface area contributed by atoms with Gasteiger partial charge in [0, 0.05) is 30.0 Å². The van der Waals surface area contributed by atoms with Gasteiger partial charge in [-0.3, -0.25) is 9.59 Å². The fourth-order valence-corrected chi connectivity index (χ4v) is 4.21. The summed E-state index contributed by atoms with van der Waals surface area (Å²) in [6, 6.07) is 5.61. The maximum absolute atomic E-state index is 12.3. The van der Waals surface area contributed by atoms with Gasteiger partial charge in [-0.05, 0) is 43.9 Å². The van der Waals surface area contributed by atoms with Crippen LogP contribution in [0.25, 0.3) is 0 Å². The zero-order chi connectivity index (χ0) is 16.0. The van der Waals surface area contributed by atoms with Crippen molar-refractivity contribution in [2.24, 2.45) is 5.92 Å². The molecule has 1 aliphatic heterocycles. The average molecular weight is 329 g/mol. The fourth-order valence-electron chi connectivity index (χ4n) is 3.37. The van der Waals surface area contributed by atoms with Crippen LogP contribution in [0.4, 0.5) is 0 Å². The molecule has 0 bridgehead atoms. The third kappa shape index (κ3) is 2.72. The molecular weight excluding hydrogens is 310 g/mol. The van der Waals surface area contributed by atoms with Gasteiger partial charge >= 0.3 is 0 Å². The van der Waals surface area contributed by atoms with Crippen molar-refractivity contribution in [3.63, 3.8) is 0 Å². The summed E-state index contributed by atoms with van der Waals surface area (Å²) in [5.74, 6) is 0.429. The molecule has 0 saturated carbocycles. The Labute approximate surface area is 138 Å². The molecule has 4 rings (SSSR count). The Balaban J connectivity index is 1.40. The highest BCUT2D eigenvalue weighted by atomic mass is 32.1. The van der Waals surface area contributed by atoms with Crippen LogP contribution in [0.3, 0.4) is 0 Å². The molecule has 120 valence electrons. The van der Waals surface area contributed by atoms with Gasteiger partial charge in [0.05, 0.1) is 17.1 Å². The van der Waals surface area contributed by atoms with Gasteiger partial charge in [0.1, 0.15) is 0 Å². The molecule has 0 radical (unpaired) electrons. The number of hydrogen-bond donors (Lipinski definition) is 0. The standard InChI is InChI=1S/C17H19N3O2S/c1-11-5-6-15(23-11)17(22)19-8-12(9-19)10-20-16(21)7-13-3-2-4-14(13)18-20/h5-7,12H,2-4,8-10H2,1H3. The van der Waals surface area contributed by atoms with Gasteiger partial charge in [-0.25, -0.2) is 4.68 Å². The summed E-state index contributed by atoms with van der Waals surface area (Å²) in [6.45, 7) is 4.04. The molecule has 23 heavy (non-hydrogen) atoms. The zero-order valence-electron chi connectivity index (χ0n) is 13.1. The first kappa shape index (κ1) is 14.6. The van der Waals surface area contributed by atoms with Crippen molar-refractivity contribution in [1.82, 2.24) is 14.7 Å². The molecule has 0 unspecified atom stereocenters. The van der Waals surface area contributed by atoms with E-state index in [4.69, 9.17) is 0 Å². The highest BCUT2D eigenvalue weighted by molar-refractivity contribution is 7.13. The number of fused-ring (bicyclic) bond motifs is 1. The Bertz CT molecular complexity index is 817. The minimum atomic E-state index is -0.00990. The molecule has 6 heteroatoms. The van der Waals surface area contributed by atoms with Crippen molar-refractivity contribution in [1.29, 1.82) is 0 Å². The summed E-state index contributed by atoms with van der Waals surface area (Å²) in [5.41, 5.74) is 2.18. The van der Waals surface area contributed by atoms with Crippen LogP contribution in [0, 0.1) is 12.8 Å². The van der Waals surface area contributed by atoms with Crippen LogP contribution in [0.1, 0.15) is 32.2 Å². The summed E-state index contributed by atoms with van der Waals surface area (Å²) >= 11 is 1.54. The lowest BCUT2D eigenvalue weighted by atomic mass is 10.00. The smallest absolute Gasteiger partial charge is 0.267 e. The maximum atomic E-state index is 12.3. The molecule has 3 heterocycles. The Hall–Kier alpha value is -1.95. The van der Waals surface area contributed by atoms with Gasteiger partial charge in [0.25, 0.3) is 11.5 Å². The molecule has 1 fully saturated rings. The molecule has 0 aromatic carbocycles. The summed E-state index contributed by atoms with van der Waals surface area (Å²) in [7, 11) is 0. The second-order valence-electron chi connectivity index (χ2n) is 6.48. The summed E-state index contributed by atoms with van der Waals surface area (Å²) < 4.78 is 1.59. The minimum Gasteiger partial charge on any atom is -0.337 e. The molecule has 5 nitrogen and oxygen atoms in total. The monoisotopic (exact) mass is 329 g/mol. The Morgan fingerprint density at radius 1 is 1.35 bits per heavy atom. The van der Waals surface area contributed by atoms with E-state index in [1.165, 1.54) is 11.3 Å². The third-order valence-corrected chi connectivity index (χ3v) is 5.64. The molecule has 2 aromatic rings. The van der Waals surface area contributed by atoms with Crippen molar-refractivity contribution in [3.05, 3.63) is 49.6 Å². The van der Waals surface area contributed by atoms with Crippen molar-refractivity contribution < 1.29 is 4.79 Å². The van der Waals surface area contributed by atoms with Gasteiger partial charge in [0.2, 0.25) is 0 Å². The first-order valence-corrected chi connectivity index (χ1v) is 8.87. The van der Waals surface area contributed by atoms with Crippen molar-refractivity contribution in [2.45, 2.75) is 32.7 Å². The van der Waals surface area contributed by atoms with E-state index in [0.29, 0.717) is 25.6 Å². The van der Waals surface area contributed by atoms with E-state index in [1.807, 2.05) is 24.0 Å². The highest BCUT2D eigenvalue weighted by Gasteiger charge is 2.32. The molecule has 0 atom stereocenters. The number of aromatic nitrogens is 2. The first-order valence-electron chi connectivity index (χ1n) is 8.06. The normalized spacial score (nSPS) is 17.2.